The fourth-order valence-corrected chi connectivity index (χ4v) is 5.21. The van der Waals surface area contributed by atoms with Crippen LogP contribution in [0.25, 0.3) is 16.6 Å². The minimum absolute atomic E-state index is 0.0879. The van der Waals surface area contributed by atoms with Crippen LogP contribution >= 0.6 is 0 Å². The molecule has 2 bridgehead atoms. The molecule has 3 aromatic heterocycles. The fraction of sp³-hybridized carbons (Fsp3) is 0.417. The SMILES string of the molecule is C=CC(=O)NC12CCC(COc3cc(-c4cnn(C)c4)cn4ncc(C#N)c34)(CC1)CC2. The van der Waals surface area contributed by atoms with E-state index in [4.69, 9.17) is 4.74 Å². The Labute approximate surface area is 186 Å². The van der Waals surface area contributed by atoms with Gasteiger partial charge in [0.25, 0.3) is 0 Å². The molecule has 0 atom stereocenters. The predicted molar refractivity (Wildman–Crippen MR) is 119 cm³/mol. The number of ether oxygens (including phenoxy) is 1. The molecule has 8 nitrogen and oxygen atoms in total. The molecule has 3 aliphatic carbocycles. The third kappa shape index (κ3) is 3.44. The lowest BCUT2D eigenvalue weighted by Crippen LogP contribution is -2.57. The summed E-state index contributed by atoms with van der Waals surface area (Å²) in [6, 6.07) is 4.20. The lowest BCUT2D eigenvalue weighted by atomic mass is 9.57. The molecule has 0 aromatic carbocycles. The zero-order valence-electron chi connectivity index (χ0n) is 18.2. The third-order valence-electron chi connectivity index (χ3n) is 7.24. The number of hydrogen-bond acceptors (Lipinski definition) is 5. The molecule has 3 fully saturated rings. The van der Waals surface area contributed by atoms with Crippen molar-refractivity contribution >= 4 is 11.4 Å². The standard InChI is InChI=1S/C24H26N6O2/c1-3-21(31)28-24-7-4-23(5-8-24,6-9-24)16-32-20-10-17(19-13-26-29(2)14-19)15-30-22(20)18(11-25)12-27-30/h3,10,12-15H,1,4-9,16H2,2H3,(H,28,31). The van der Waals surface area contributed by atoms with Crippen molar-refractivity contribution in [2.75, 3.05) is 6.61 Å². The maximum absolute atomic E-state index is 11.9. The molecule has 1 amide bonds. The highest BCUT2D eigenvalue weighted by atomic mass is 16.5. The molecule has 3 aliphatic rings. The van der Waals surface area contributed by atoms with E-state index in [2.05, 4.69) is 28.2 Å². The van der Waals surface area contributed by atoms with E-state index >= 15 is 0 Å². The van der Waals surface area contributed by atoms with Crippen LogP contribution in [0.3, 0.4) is 0 Å². The Morgan fingerprint density at radius 2 is 1.97 bits per heavy atom. The molecule has 164 valence electrons. The van der Waals surface area contributed by atoms with Crippen molar-refractivity contribution in [1.82, 2.24) is 24.7 Å². The van der Waals surface area contributed by atoms with Crippen LogP contribution < -0.4 is 10.1 Å². The first-order valence-corrected chi connectivity index (χ1v) is 10.9. The van der Waals surface area contributed by atoms with E-state index < -0.39 is 0 Å². The van der Waals surface area contributed by atoms with E-state index in [0.717, 1.165) is 49.7 Å². The summed E-state index contributed by atoms with van der Waals surface area (Å²) in [5.41, 5.74) is 3.08. The molecule has 0 radical (unpaired) electrons. The highest BCUT2D eigenvalue weighted by Gasteiger charge is 2.49. The average molecular weight is 431 g/mol. The number of rotatable bonds is 6. The number of aryl methyl sites for hydroxylation is 1. The van der Waals surface area contributed by atoms with Gasteiger partial charge in [0.2, 0.25) is 5.91 Å². The number of aromatic nitrogens is 4. The van der Waals surface area contributed by atoms with Crippen molar-refractivity contribution in [2.45, 2.75) is 44.1 Å². The van der Waals surface area contributed by atoms with Crippen molar-refractivity contribution in [3.63, 3.8) is 0 Å². The second kappa shape index (κ2) is 7.52. The molecule has 6 rings (SSSR count). The quantitative estimate of drug-likeness (QED) is 0.605. The molecule has 8 heteroatoms. The number of amides is 1. The van der Waals surface area contributed by atoms with Crippen LogP contribution in [0, 0.1) is 16.7 Å². The van der Waals surface area contributed by atoms with Crippen molar-refractivity contribution in [2.24, 2.45) is 12.5 Å². The molecule has 1 N–H and O–H groups in total. The van der Waals surface area contributed by atoms with Gasteiger partial charge in [-0.25, -0.2) is 4.52 Å². The van der Waals surface area contributed by atoms with Gasteiger partial charge < -0.3 is 10.1 Å². The van der Waals surface area contributed by atoms with Crippen LogP contribution in [0.15, 0.2) is 43.5 Å². The number of nitrogens with one attached hydrogen (secondary N) is 1. The van der Waals surface area contributed by atoms with E-state index in [1.54, 1.807) is 21.6 Å². The van der Waals surface area contributed by atoms with Crippen molar-refractivity contribution < 1.29 is 9.53 Å². The van der Waals surface area contributed by atoms with Gasteiger partial charge in [-0.3, -0.25) is 9.48 Å². The Hall–Kier alpha value is -3.60. The number of nitrogens with zero attached hydrogens (tertiary/aromatic N) is 5. The highest BCUT2D eigenvalue weighted by molar-refractivity contribution is 5.87. The van der Waals surface area contributed by atoms with Gasteiger partial charge in [-0.2, -0.15) is 15.5 Å². The van der Waals surface area contributed by atoms with Crippen LogP contribution in [0.2, 0.25) is 0 Å². The lowest BCUT2D eigenvalue weighted by Gasteiger charge is -2.53. The summed E-state index contributed by atoms with van der Waals surface area (Å²) in [5, 5.41) is 21.4. The van der Waals surface area contributed by atoms with Gasteiger partial charge in [-0.15, -0.1) is 0 Å². The Morgan fingerprint density at radius 3 is 2.59 bits per heavy atom. The Morgan fingerprint density at radius 1 is 1.22 bits per heavy atom. The number of carbonyl (C=O) groups excluding carboxylic acids is 1. The van der Waals surface area contributed by atoms with E-state index in [1.807, 2.05) is 25.5 Å². The maximum atomic E-state index is 11.9. The van der Waals surface area contributed by atoms with Crippen molar-refractivity contribution in [3.8, 4) is 22.9 Å². The monoisotopic (exact) mass is 430 g/mol. The molecule has 0 spiro atoms. The van der Waals surface area contributed by atoms with E-state index in [-0.39, 0.29) is 16.9 Å². The molecular formula is C24H26N6O2. The Kier molecular flexibility index (Phi) is 4.77. The number of hydrogen-bond donors (Lipinski definition) is 1. The van der Waals surface area contributed by atoms with Crippen LogP contribution in [-0.2, 0) is 11.8 Å². The van der Waals surface area contributed by atoms with E-state index in [1.165, 1.54) is 6.08 Å². The molecule has 3 heterocycles. The summed E-state index contributed by atoms with van der Waals surface area (Å²) < 4.78 is 9.91. The first-order valence-electron chi connectivity index (χ1n) is 10.9. The van der Waals surface area contributed by atoms with E-state index in [9.17, 15) is 10.1 Å². The first kappa shape index (κ1) is 20.3. The van der Waals surface area contributed by atoms with Gasteiger partial charge in [0.05, 0.1) is 19.0 Å². The largest absolute Gasteiger partial charge is 0.491 e. The smallest absolute Gasteiger partial charge is 0.243 e. The second-order valence-corrected chi connectivity index (χ2v) is 9.22. The predicted octanol–water partition coefficient (Wildman–Crippen LogP) is 3.38. The summed E-state index contributed by atoms with van der Waals surface area (Å²) in [7, 11) is 1.88. The number of pyridine rings is 1. The molecule has 0 saturated heterocycles. The summed E-state index contributed by atoms with van der Waals surface area (Å²) in [5.74, 6) is 0.576. The van der Waals surface area contributed by atoms with Crippen LogP contribution in [0.4, 0.5) is 0 Å². The van der Waals surface area contributed by atoms with Crippen LogP contribution in [0.5, 0.6) is 5.75 Å². The Bertz CT molecular complexity index is 1220. The van der Waals surface area contributed by atoms with Gasteiger partial charge in [-0.05, 0) is 50.7 Å². The maximum Gasteiger partial charge on any atom is 0.243 e. The normalized spacial score (nSPS) is 24.2. The highest BCUT2D eigenvalue weighted by Crippen LogP contribution is 2.52. The molecule has 0 unspecified atom stereocenters. The van der Waals surface area contributed by atoms with Crippen LogP contribution in [0.1, 0.15) is 44.1 Å². The molecular weight excluding hydrogens is 404 g/mol. The minimum Gasteiger partial charge on any atom is -0.491 e. The van der Waals surface area contributed by atoms with Gasteiger partial charge >= 0.3 is 0 Å². The lowest BCUT2D eigenvalue weighted by molar-refractivity contribution is -0.121. The van der Waals surface area contributed by atoms with Gasteiger partial charge in [0.15, 0.2) is 0 Å². The topological polar surface area (TPSA) is 97.2 Å². The van der Waals surface area contributed by atoms with E-state index in [0.29, 0.717) is 23.4 Å². The number of carbonyl (C=O) groups is 1. The second-order valence-electron chi connectivity index (χ2n) is 9.22. The van der Waals surface area contributed by atoms with Gasteiger partial charge in [0.1, 0.15) is 22.9 Å². The molecule has 32 heavy (non-hydrogen) atoms. The third-order valence-corrected chi connectivity index (χ3v) is 7.24. The molecule has 0 aliphatic heterocycles. The fourth-order valence-electron chi connectivity index (χ4n) is 5.21. The molecule has 3 saturated carbocycles. The number of nitriles is 1. The average Bonchev–Trinajstić information content (AvgIpc) is 3.44. The van der Waals surface area contributed by atoms with Crippen LogP contribution in [-0.4, -0.2) is 37.4 Å². The Balaban J connectivity index is 1.40. The first-order chi connectivity index (χ1) is 15.4. The van der Waals surface area contributed by atoms with Crippen molar-refractivity contribution in [3.05, 3.63) is 49.1 Å². The summed E-state index contributed by atoms with van der Waals surface area (Å²) in [6.45, 7) is 4.16. The summed E-state index contributed by atoms with van der Waals surface area (Å²) in [4.78, 5) is 11.9. The molecule has 3 aromatic rings. The zero-order chi connectivity index (χ0) is 22.3. The zero-order valence-corrected chi connectivity index (χ0v) is 18.2. The van der Waals surface area contributed by atoms with Crippen molar-refractivity contribution in [1.29, 1.82) is 5.26 Å². The summed E-state index contributed by atoms with van der Waals surface area (Å²) >= 11 is 0. The summed E-state index contributed by atoms with van der Waals surface area (Å²) in [6.07, 6.45) is 14.5. The number of fused-ring (bicyclic) bond motifs is 4. The minimum atomic E-state index is -0.0973. The van der Waals surface area contributed by atoms with Gasteiger partial charge in [0, 0.05) is 41.5 Å². The van der Waals surface area contributed by atoms with Gasteiger partial charge in [-0.1, -0.05) is 6.58 Å².